The molecule has 0 bridgehead atoms. The van der Waals surface area contributed by atoms with Gasteiger partial charge in [0.15, 0.2) is 0 Å². The van der Waals surface area contributed by atoms with Crippen molar-refractivity contribution in [2.75, 3.05) is 17.6 Å². The molecule has 1 heterocycles. The summed E-state index contributed by atoms with van der Waals surface area (Å²) >= 11 is 5.43. The van der Waals surface area contributed by atoms with Crippen molar-refractivity contribution in [3.8, 4) is 0 Å². The highest BCUT2D eigenvalue weighted by Gasteiger charge is 2.04. The third-order valence-corrected chi connectivity index (χ3v) is 4.86. The van der Waals surface area contributed by atoms with Crippen LogP contribution in [0.15, 0.2) is 70.2 Å². The van der Waals surface area contributed by atoms with E-state index in [4.69, 9.17) is 0 Å². The second-order valence-corrected chi connectivity index (χ2v) is 6.61. The van der Waals surface area contributed by atoms with E-state index in [1.54, 1.807) is 0 Å². The summed E-state index contributed by atoms with van der Waals surface area (Å²) in [6, 6.07) is 18.7. The van der Waals surface area contributed by atoms with Crippen LogP contribution in [0.4, 0.5) is 5.82 Å². The van der Waals surface area contributed by atoms with Gasteiger partial charge >= 0.3 is 0 Å². The van der Waals surface area contributed by atoms with Crippen molar-refractivity contribution in [2.45, 2.75) is 4.90 Å². The van der Waals surface area contributed by atoms with Crippen LogP contribution >= 0.6 is 27.7 Å². The first-order chi connectivity index (χ1) is 10.3. The van der Waals surface area contributed by atoms with Gasteiger partial charge in [-0.2, -0.15) is 0 Å². The number of fused-ring (bicyclic) bond motifs is 1. The second-order valence-electron chi connectivity index (χ2n) is 4.58. The van der Waals surface area contributed by atoms with E-state index >= 15 is 0 Å². The SMILES string of the molecule is Brc1cccc2c(NCCSc3ccccc3)nccc12. The van der Waals surface area contributed by atoms with Crippen molar-refractivity contribution < 1.29 is 0 Å². The van der Waals surface area contributed by atoms with Gasteiger partial charge in [0.05, 0.1) is 0 Å². The molecular weight excluding hydrogens is 344 g/mol. The molecule has 0 aliphatic rings. The monoisotopic (exact) mass is 358 g/mol. The van der Waals surface area contributed by atoms with Crippen LogP contribution in [0.5, 0.6) is 0 Å². The molecule has 0 aliphatic heterocycles. The smallest absolute Gasteiger partial charge is 0.133 e. The lowest BCUT2D eigenvalue weighted by atomic mass is 10.1. The van der Waals surface area contributed by atoms with Crippen molar-refractivity contribution in [2.24, 2.45) is 0 Å². The second kappa shape index (κ2) is 6.96. The molecule has 21 heavy (non-hydrogen) atoms. The Morgan fingerprint density at radius 2 is 1.81 bits per heavy atom. The third-order valence-electron chi connectivity index (χ3n) is 3.16. The van der Waals surface area contributed by atoms with Gasteiger partial charge in [-0.15, -0.1) is 11.8 Å². The molecule has 106 valence electrons. The minimum atomic E-state index is 0.887. The number of nitrogens with one attached hydrogen (secondary N) is 1. The summed E-state index contributed by atoms with van der Waals surface area (Å²) in [4.78, 5) is 5.75. The van der Waals surface area contributed by atoms with Crippen LogP contribution in [-0.2, 0) is 0 Å². The zero-order valence-electron chi connectivity index (χ0n) is 11.4. The van der Waals surface area contributed by atoms with E-state index < -0.39 is 0 Å². The number of hydrogen-bond acceptors (Lipinski definition) is 3. The Morgan fingerprint density at radius 3 is 2.67 bits per heavy atom. The van der Waals surface area contributed by atoms with E-state index in [1.807, 2.05) is 36.2 Å². The number of rotatable bonds is 5. The summed E-state index contributed by atoms with van der Waals surface area (Å²) in [7, 11) is 0. The van der Waals surface area contributed by atoms with Gasteiger partial charge in [-0.3, -0.25) is 0 Å². The molecule has 0 unspecified atom stereocenters. The highest BCUT2D eigenvalue weighted by Crippen LogP contribution is 2.27. The lowest BCUT2D eigenvalue weighted by Crippen LogP contribution is -2.06. The Balaban J connectivity index is 1.65. The van der Waals surface area contributed by atoms with Gasteiger partial charge in [0.2, 0.25) is 0 Å². The molecule has 0 atom stereocenters. The Hall–Kier alpha value is -1.52. The summed E-state index contributed by atoms with van der Waals surface area (Å²) < 4.78 is 1.10. The summed E-state index contributed by atoms with van der Waals surface area (Å²) in [5.41, 5.74) is 0. The van der Waals surface area contributed by atoms with E-state index in [2.05, 4.69) is 62.6 Å². The summed E-state index contributed by atoms with van der Waals surface area (Å²) in [6.45, 7) is 0.887. The van der Waals surface area contributed by atoms with Gasteiger partial charge in [-0.05, 0) is 24.3 Å². The number of aromatic nitrogens is 1. The van der Waals surface area contributed by atoms with Crippen LogP contribution in [0.25, 0.3) is 10.8 Å². The van der Waals surface area contributed by atoms with Gasteiger partial charge in [0.25, 0.3) is 0 Å². The fraction of sp³-hybridized carbons (Fsp3) is 0.118. The normalized spacial score (nSPS) is 10.7. The predicted octanol–water partition coefficient (Wildman–Crippen LogP) is 5.20. The van der Waals surface area contributed by atoms with Crippen molar-refractivity contribution >= 4 is 44.3 Å². The fourth-order valence-corrected chi connectivity index (χ4v) is 3.45. The van der Waals surface area contributed by atoms with Crippen molar-refractivity contribution in [1.29, 1.82) is 0 Å². The first-order valence-corrected chi connectivity index (χ1v) is 8.57. The molecule has 0 amide bonds. The molecule has 4 heteroatoms. The molecule has 0 saturated carbocycles. The number of nitrogens with zero attached hydrogens (tertiary/aromatic N) is 1. The number of hydrogen-bond donors (Lipinski definition) is 1. The van der Waals surface area contributed by atoms with Gasteiger partial charge in [0, 0.05) is 38.6 Å². The van der Waals surface area contributed by atoms with E-state index in [-0.39, 0.29) is 0 Å². The van der Waals surface area contributed by atoms with Crippen LogP contribution in [0.3, 0.4) is 0 Å². The van der Waals surface area contributed by atoms with Crippen LogP contribution in [0.1, 0.15) is 0 Å². The Morgan fingerprint density at radius 1 is 0.952 bits per heavy atom. The standard InChI is InChI=1S/C17H15BrN2S/c18-16-8-4-7-15-14(16)9-10-19-17(15)20-11-12-21-13-5-2-1-3-6-13/h1-10H,11-12H2,(H,19,20). The molecule has 0 spiro atoms. The zero-order valence-corrected chi connectivity index (χ0v) is 13.8. The summed E-state index contributed by atoms with van der Waals surface area (Å²) in [5.74, 6) is 1.96. The van der Waals surface area contributed by atoms with Gasteiger partial charge in [-0.1, -0.05) is 46.3 Å². The average Bonchev–Trinajstić information content (AvgIpc) is 2.53. The quantitative estimate of drug-likeness (QED) is 0.501. The van der Waals surface area contributed by atoms with Gasteiger partial charge in [0.1, 0.15) is 5.82 Å². The molecule has 0 fully saturated rings. The van der Waals surface area contributed by atoms with E-state index in [0.717, 1.165) is 28.0 Å². The Kier molecular flexibility index (Phi) is 4.78. The molecule has 3 aromatic rings. The third kappa shape index (κ3) is 3.57. The Labute approximate surface area is 137 Å². The first kappa shape index (κ1) is 14.4. The molecule has 2 nitrogen and oxygen atoms in total. The number of halogens is 1. The number of pyridine rings is 1. The number of thioether (sulfide) groups is 1. The minimum absolute atomic E-state index is 0.887. The van der Waals surface area contributed by atoms with E-state index in [1.165, 1.54) is 10.3 Å². The van der Waals surface area contributed by atoms with Gasteiger partial charge < -0.3 is 5.32 Å². The maximum atomic E-state index is 4.45. The first-order valence-electron chi connectivity index (χ1n) is 6.79. The lowest BCUT2D eigenvalue weighted by Gasteiger charge is -2.09. The number of benzene rings is 2. The van der Waals surface area contributed by atoms with E-state index in [9.17, 15) is 0 Å². The fourth-order valence-electron chi connectivity index (χ4n) is 2.16. The molecule has 0 aliphatic carbocycles. The van der Waals surface area contributed by atoms with Crippen LogP contribution in [0, 0.1) is 0 Å². The highest BCUT2D eigenvalue weighted by atomic mass is 79.9. The topological polar surface area (TPSA) is 24.9 Å². The van der Waals surface area contributed by atoms with Crippen LogP contribution in [0.2, 0.25) is 0 Å². The highest BCUT2D eigenvalue weighted by molar-refractivity contribution is 9.10. The largest absolute Gasteiger partial charge is 0.369 e. The molecule has 1 aromatic heterocycles. The van der Waals surface area contributed by atoms with Gasteiger partial charge in [-0.25, -0.2) is 4.98 Å². The van der Waals surface area contributed by atoms with Crippen molar-refractivity contribution in [3.05, 3.63) is 65.3 Å². The minimum Gasteiger partial charge on any atom is -0.369 e. The maximum Gasteiger partial charge on any atom is 0.133 e. The van der Waals surface area contributed by atoms with Crippen molar-refractivity contribution in [3.63, 3.8) is 0 Å². The molecule has 3 rings (SSSR count). The van der Waals surface area contributed by atoms with Crippen molar-refractivity contribution in [1.82, 2.24) is 4.98 Å². The average molecular weight is 359 g/mol. The molecule has 0 radical (unpaired) electrons. The summed E-state index contributed by atoms with van der Waals surface area (Å²) in [5, 5.41) is 5.77. The summed E-state index contributed by atoms with van der Waals surface area (Å²) in [6.07, 6.45) is 1.85. The molecular formula is C17H15BrN2S. The maximum absolute atomic E-state index is 4.45. The number of anilines is 1. The van der Waals surface area contributed by atoms with Crippen LogP contribution in [-0.4, -0.2) is 17.3 Å². The lowest BCUT2D eigenvalue weighted by molar-refractivity contribution is 1.18. The van der Waals surface area contributed by atoms with Crippen LogP contribution < -0.4 is 5.32 Å². The molecule has 1 N–H and O–H groups in total. The molecule has 0 saturated heterocycles. The molecule has 2 aromatic carbocycles. The van der Waals surface area contributed by atoms with E-state index in [0.29, 0.717) is 0 Å². The predicted molar refractivity (Wildman–Crippen MR) is 95.1 cm³/mol. The Bertz CT molecular complexity index is 731. The zero-order chi connectivity index (χ0) is 14.5.